The number of ether oxygens (including phenoxy) is 1. The Balaban J connectivity index is 1.92. The highest BCUT2D eigenvalue weighted by atomic mass is 16.6. The molecule has 1 saturated carbocycles. The molecule has 0 radical (unpaired) electrons. The minimum Gasteiger partial charge on any atom is -0.444 e. The van der Waals surface area contributed by atoms with Crippen molar-refractivity contribution in [3.05, 3.63) is 0 Å². The third-order valence-electron chi connectivity index (χ3n) is 5.01. The van der Waals surface area contributed by atoms with E-state index in [-0.39, 0.29) is 6.09 Å². The van der Waals surface area contributed by atoms with Crippen LogP contribution in [-0.2, 0) is 4.74 Å². The summed E-state index contributed by atoms with van der Waals surface area (Å²) < 4.78 is 5.64. The first-order valence-corrected chi connectivity index (χ1v) is 9.61. The summed E-state index contributed by atoms with van der Waals surface area (Å²) in [6.07, 6.45) is 10.9. The molecule has 0 bridgehead atoms. The fraction of sp³-hybridized carbons (Fsp3) is 0.947. The van der Waals surface area contributed by atoms with Gasteiger partial charge in [0.25, 0.3) is 0 Å². The fourth-order valence-corrected chi connectivity index (χ4v) is 3.95. The standard InChI is InChI=1S/C19H36N2O2/c1-15(20-16-10-7-8-11-16)14-17-12-6-5-9-13-21(17)18(22)23-19(2,3)4/h15-17,20H,5-14H2,1-4H3. The molecule has 2 aliphatic rings. The second kappa shape index (κ2) is 8.36. The normalized spacial score (nSPS) is 25.2. The number of amides is 1. The quantitative estimate of drug-likeness (QED) is 0.829. The van der Waals surface area contributed by atoms with Gasteiger partial charge >= 0.3 is 6.09 Å². The smallest absolute Gasteiger partial charge is 0.410 e. The second-order valence-corrected chi connectivity index (χ2v) is 8.46. The first-order valence-electron chi connectivity index (χ1n) is 9.61. The zero-order valence-corrected chi connectivity index (χ0v) is 15.6. The molecule has 1 heterocycles. The first kappa shape index (κ1) is 18.6. The van der Waals surface area contributed by atoms with Crippen molar-refractivity contribution in [1.82, 2.24) is 10.2 Å². The van der Waals surface area contributed by atoms with Crippen LogP contribution in [0.2, 0.25) is 0 Å². The largest absolute Gasteiger partial charge is 0.444 e. The van der Waals surface area contributed by atoms with Crippen LogP contribution in [-0.4, -0.2) is 41.3 Å². The van der Waals surface area contributed by atoms with Crippen molar-refractivity contribution in [1.29, 1.82) is 0 Å². The van der Waals surface area contributed by atoms with E-state index in [1.54, 1.807) is 0 Å². The van der Waals surface area contributed by atoms with E-state index in [1.807, 2.05) is 25.7 Å². The number of likely N-dealkylation sites (tertiary alicyclic amines) is 1. The van der Waals surface area contributed by atoms with Crippen LogP contribution < -0.4 is 5.32 Å². The van der Waals surface area contributed by atoms with Gasteiger partial charge in [-0.1, -0.05) is 25.7 Å². The number of nitrogens with one attached hydrogen (secondary N) is 1. The van der Waals surface area contributed by atoms with E-state index < -0.39 is 5.60 Å². The topological polar surface area (TPSA) is 41.6 Å². The molecule has 2 fully saturated rings. The van der Waals surface area contributed by atoms with Crippen molar-refractivity contribution in [2.75, 3.05) is 6.54 Å². The highest BCUT2D eigenvalue weighted by molar-refractivity contribution is 5.68. The number of hydrogen-bond donors (Lipinski definition) is 1. The summed E-state index contributed by atoms with van der Waals surface area (Å²) in [7, 11) is 0. The van der Waals surface area contributed by atoms with Gasteiger partial charge < -0.3 is 15.0 Å². The molecule has 134 valence electrons. The molecule has 4 heteroatoms. The first-order chi connectivity index (χ1) is 10.8. The van der Waals surface area contributed by atoms with Gasteiger partial charge in [-0.05, 0) is 59.8 Å². The van der Waals surface area contributed by atoms with Gasteiger partial charge in [-0.3, -0.25) is 0 Å². The van der Waals surface area contributed by atoms with Crippen molar-refractivity contribution < 1.29 is 9.53 Å². The Bertz CT molecular complexity index is 372. The summed E-state index contributed by atoms with van der Waals surface area (Å²) in [5.74, 6) is 0. The third kappa shape index (κ3) is 6.33. The van der Waals surface area contributed by atoms with Crippen molar-refractivity contribution in [3.8, 4) is 0 Å². The van der Waals surface area contributed by atoms with E-state index in [0.717, 1.165) is 25.8 Å². The van der Waals surface area contributed by atoms with Crippen LogP contribution in [0.25, 0.3) is 0 Å². The van der Waals surface area contributed by atoms with Crippen LogP contribution in [0.1, 0.15) is 85.5 Å². The lowest BCUT2D eigenvalue weighted by Gasteiger charge is -2.34. The van der Waals surface area contributed by atoms with Gasteiger partial charge in [0.1, 0.15) is 5.60 Å². The van der Waals surface area contributed by atoms with E-state index in [0.29, 0.717) is 18.1 Å². The lowest BCUT2D eigenvalue weighted by Crippen LogP contribution is -2.46. The Morgan fingerprint density at radius 2 is 1.78 bits per heavy atom. The summed E-state index contributed by atoms with van der Waals surface area (Å²) in [5.41, 5.74) is -0.415. The van der Waals surface area contributed by atoms with Gasteiger partial charge in [-0.2, -0.15) is 0 Å². The van der Waals surface area contributed by atoms with E-state index in [1.165, 1.54) is 38.5 Å². The van der Waals surface area contributed by atoms with Crippen LogP contribution in [0.5, 0.6) is 0 Å². The molecule has 23 heavy (non-hydrogen) atoms. The second-order valence-electron chi connectivity index (χ2n) is 8.46. The molecular formula is C19H36N2O2. The summed E-state index contributed by atoms with van der Waals surface area (Å²) in [4.78, 5) is 14.6. The SMILES string of the molecule is CC(CC1CCCCCN1C(=O)OC(C)(C)C)NC1CCCC1. The van der Waals surface area contributed by atoms with Crippen molar-refractivity contribution >= 4 is 6.09 Å². The lowest BCUT2D eigenvalue weighted by atomic mass is 10.0. The molecular weight excluding hydrogens is 288 g/mol. The Labute approximate surface area is 142 Å². The molecule has 0 aromatic heterocycles. The number of rotatable bonds is 4. The molecule has 1 aliphatic heterocycles. The Kier molecular flexibility index (Phi) is 6.75. The van der Waals surface area contributed by atoms with Crippen LogP contribution in [0.4, 0.5) is 4.79 Å². The third-order valence-corrected chi connectivity index (χ3v) is 5.01. The van der Waals surface area contributed by atoms with Crippen LogP contribution in [0.3, 0.4) is 0 Å². The number of carbonyl (C=O) groups is 1. The molecule has 1 amide bonds. The predicted octanol–water partition coefficient (Wildman–Crippen LogP) is 4.48. The Hall–Kier alpha value is -0.770. The van der Waals surface area contributed by atoms with Crippen LogP contribution >= 0.6 is 0 Å². The van der Waals surface area contributed by atoms with Crippen LogP contribution in [0.15, 0.2) is 0 Å². The van der Waals surface area contributed by atoms with Crippen molar-refractivity contribution in [3.63, 3.8) is 0 Å². The van der Waals surface area contributed by atoms with Crippen LogP contribution in [0, 0.1) is 0 Å². The van der Waals surface area contributed by atoms with Gasteiger partial charge in [-0.25, -0.2) is 4.79 Å². The highest BCUT2D eigenvalue weighted by Crippen LogP contribution is 2.24. The van der Waals surface area contributed by atoms with E-state index in [2.05, 4.69) is 12.2 Å². The van der Waals surface area contributed by atoms with Crippen molar-refractivity contribution in [2.24, 2.45) is 0 Å². The van der Waals surface area contributed by atoms with E-state index in [4.69, 9.17) is 4.74 Å². The van der Waals surface area contributed by atoms with Gasteiger partial charge in [-0.15, -0.1) is 0 Å². The molecule has 0 spiro atoms. The van der Waals surface area contributed by atoms with Gasteiger partial charge in [0.2, 0.25) is 0 Å². The molecule has 1 N–H and O–H groups in total. The maximum atomic E-state index is 12.6. The maximum absolute atomic E-state index is 12.6. The average molecular weight is 325 g/mol. The summed E-state index contributed by atoms with van der Waals surface area (Å²) in [6.45, 7) is 8.96. The Morgan fingerprint density at radius 1 is 1.13 bits per heavy atom. The number of nitrogens with zero attached hydrogens (tertiary/aromatic N) is 1. The van der Waals surface area contributed by atoms with E-state index >= 15 is 0 Å². The zero-order valence-electron chi connectivity index (χ0n) is 15.6. The molecule has 2 unspecified atom stereocenters. The summed E-state index contributed by atoms with van der Waals surface area (Å²) >= 11 is 0. The van der Waals surface area contributed by atoms with Gasteiger partial charge in [0, 0.05) is 24.7 Å². The molecule has 2 rings (SSSR count). The maximum Gasteiger partial charge on any atom is 0.410 e. The minimum atomic E-state index is -0.415. The Morgan fingerprint density at radius 3 is 2.43 bits per heavy atom. The summed E-state index contributed by atoms with van der Waals surface area (Å²) in [6, 6.07) is 1.47. The molecule has 2 atom stereocenters. The molecule has 1 aliphatic carbocycles. The predicted molar refractivity (Wildman–Crippen MR) is 94.7 cm³/mol. The zero-order chi connectivity index (χ0) is 16.9. The molecule has 4 nitrogen and oxygen atoms in total. The average Bonchev–Trinajstić information content (AvgIpc) is 2.81. The van der Waals surface area contributed by atoms with E-state index in [9.17, 15) is 4.79 Å². The number of carbonyl (C=O) groups excluding carboxylic acids is 1. The molecule has 0 aromatic carbocycles. The van der Waals surface area contributed by atoms with Gasteiger partial charge in [0.15, 0.2) is 0 Å². The minimum absolute atomic E-state index is 0.127. The molecule has 0 aromatic rings. The summed E-state index contributed by atoms with van der Waals surface area (Å²) in [5, 5.41) is 3.78. The lowest BCUT2D eigenvalue weighted by molar-refractivity contribution is 0.0149. The van der Waals surface area contributed by atoms with Gasteiger partial charge in [0.05, 0.1) is 0 Å². The monoisotopic (exact) mass is 324 g/mol. The molecule has 1 saturated heterocycles. The fourth-order valence-electron chi connectivity index (χ4n) is 3.95. The number of hydrogen-bond acceptors (Lipinski definition) is 3. The highest BCUT2D eigenvalue weighted by Gasteiger charge is 2.30. The van der Waals surface area contributed by atoms with Crippen molar-refractivity contribution in [2.45, 2.75) is 109 Å².